The zero-order valence-electron chi connectivity index (χ0n) is 8.13. The third-order valence-electron chi connectivity index (χ3n) is 2.13. The predicted octanol–water partition coefficient (Wildman–Crippen LogP) is 1.43. The Balaban J connectivity index is 3.06. The second kappa shape index (κ2) is 4.09. The fourth-order valence-corrected chi connectivity index (χ4v) is 1.18. The average Bonchev–Trinajstić information content (AvgIpc) is 2.18. The summed E-state index contributed by atoms with van der Waals surface area (Å²) in [6, 6.07) is 2.73. The predicted molar refractivity (Wildman–Crippen MR) is 51.3 cm³/mol. The average molecular weight is 197 g/mol. The first-order chi connectivity index (χ1) is 6.56. The first-order valence-electron chi connectivity index (χ1n) is 4.16. The number of hydrogen-bond donors (Lipinski definition) is 1. The highest BCUT2D eigenvalue weighted by molar-refractivity contribution is 5.74. The Hall–Kier alpha value is -1.58. The smallest absolute Gasteiger partial charge is 0.310 e. The van der Waals surface area contributed by atoms with Crippen molar-refractivity contribution in [1.82, 2.24) is 0 Å². The minimum absolute atomic E-state index is 0.0841. The van der Waals surface area contributed by atoms with Crippen LogP contribution in [0.3, 0.4) is 0 Å². The lowest BCUT2D eigenvalue weighted by molar-refractivity contribution is -0.139. The molecule has 0 spiro atoms. The molecule has 0 aliphatic rings. The van der Waals surface area contributed by atoms with Crippen LogP contribution in [0.5, 0.6) is 0 Å². The number of benzene rings is 1. The Labute approximate surface area is 81.7 Å². The van der Waals surface area contributed by atoms with Gasteiger partial charge in [-0.25, -0.2) is 4.39 Å². The molecule has 3 nitrogen and oxygen atoms in total. The number of carbonyl (C=O) groups excluding carboxylic acids is 1. The van der Waals surface area contributed by atoms with Crippen molar-refractivity contribution in [2.24, 2.45) is 0 Å². The highest BCUT2D eigenvalue weighted by Crippen LogP contribution is 2.19. The van der Waals surface area contributed by atoms with Crippen molar-refractivity contribution in [1.29, 1.82) is 0 Å². The van der Waals surface area contributed by atoms with E-state index in [1.165, 1.54) is 19.2 Å². The highest BCUT2D eigenvalue weighted by Gasteiger charge is 2.12. The van der Waals surface area contributed by atoms with Gasteiger partial charge < -0.3 is 10.5 Å². The second-order valence-electron chi connectivity index (χ2n) is 2.99. The number of nitrogen functional groups attached to an aromatic ring is 1. The molecule has 1 rings (SSSR count). The third-order valence-corrected chi connectivity index (χ3v) is 2.13. The summed E-state index contributed by atoms with van der Waals surface area (Å²) in [4.78, 5) is 11.0. The molecule has 0 radical (unpaired) electrons. The van der Waals surface area contributed by atoms with E-state index in [1.54, 1.807) is 6.92 Å². The summed E-state index contributed by atoms with van der Waals surface area (Å²) in [6.07, 6.45) is -0.0841. The number of nitrogens with two attached hydrogens (primary N) is 1. The Morgan fingerprint density at radius 1 is 1.57 bits per heavy atom. The molecule has 0 aromatic heterocycles. The number of hydrogen-bond acceptors (Lipinski definition) is 3. The molecule has 0 saturated carbocycles. The molecule has 76 valence electrons. The third kappa shape index (κ3) is 2.02. The number of rotatable bonds is 2. The first kappa shape index (κ1) is 10.5. The summed E-state index contributed by atoms with van der Waals surface area (Å²) in [5, 5.41) is 0. The van der Waals surface area contributed by atoms with Crippen LogP contribution in [0.25, 0.3) is 0 Å². The molecule has 0 bridgehead atoms. The monoisotopic (exact) mass is 197 g/mol. The van der Waals surface area contributed by atoms with E-state index in [1.807, 2.05) is 0 Å². The van der Waals surface area contributed by atoms with Gasteiger partial charge >= 0.3 is 5.97 Å². The molecule has 0 aliphatic heterocycles. The molecule has 4 heteroatoms. The van der Waals surface area contributed by atoms with Gasteiger partial charge in [-0.05, 0) is 24.6 Å². The quantitative estimate of drug-likeness (QED) is 0.576. The summed E-state index contributed by atoms with van der Waals surface area (Å²) in [7, 11) is 1.27. The van der Waals surface area contributed by atoms with Crippen molar-refractivity contribution in [3.63, 3.8) is 0 Å². The molecule has 1 aromatic carbocycles. The van der Waals surface area contributed by atoms with Crippen molar-refractivity contribution in [2.75, 3.05) is 12.8 Å². The fourth-order valence-electron chi connectivity index (χ4n) is 1.18. The maximum Gasteiger partial charge on any atom is 0.310 e. The lowest BCUT2D eigenvalue weighted by atomic mass is 10.0. The van der Waals surface area contributed by atoms with E-state index in [-0.39, 0.29) is 6.42 Å². The second-order valence-corrected chi connectivity index (χ2v) is 2.99. The van der Waals surface area contributed by atoms with Gasteiger partial charge in [0.1, 0.15) is 5.82 Å². The minimum atomic E-state index is -0.474. The summed E-state index contributed by atoms with van der Waals surface area (Å²) >= 11 is 0. The molecule has 0 amide bonds. The van der Waals surface area contributed by atoms with Gasteiger partial charge in [-0.15, -0.1) is 0 Å². The molecule has 2 N–H and O–H groups in total. The molecule has 0 heterocycles. The highest BCUT2D eigenvalue weighted by atomic mass is 19.1. The molecule has 0 saturated heterocycles. The summed E-state index contributed by atoms with van der Waals surface area (Å²) in [5.41, 5.74) is 6.96. The van der Waals surface area contributed by atoms with Crippen molar-refractivity contribution in [2.45, 2.75) is 13.3 Å². The normalized spacial score (nSPS) is 9.93. The molecule has 0 unspecified atom stereocenters. The maximum atomic E-state index is 13.3. The van der Waals surface area contributed by atoms with Gasteiger partial charge in [0, 0.05) is 11.3 Å². The van der Waals surface area contributed by atoms with Crippen LogP contribution in [-0.2, 0) is 16.0 Å². The SMILES string of the molecule is COC(=O)Cc1c(F)ccc(N)c1C. The lowest BCUT2D eigenvalue weighted by Gasteiger charge is -2.08. The van der Waals surface area contributed by atoms with E-state index in [0.717, 1.165) is 0 Å². The molecular weight excluding hydrogens is 185 g/mol. The molecule has 0 atom stereocenters. The van der Waals surface area contributed by atoms with E-state index in [4.69, 9.17) is 5.73 Å². The summed E-state index contributed by atoms with van der Waals surface area (Å²) in [5.74, 6) is -0.903. The van der Waals surface area contributed by atoms with Crippen molar-refractivity contribution in [3.05, 3.63) is 29.1 Å². The lowest BCUT2D eigenvalue weighted by Crippen LogP contribution is -2.09. The number of halogens is 1. The van der Waals surface area contributed by atoms with Crippen LogP contribution in [0.15, 0.2) is 12.1 Å². The van der Waals surface area contributed by atoms with Gasteiger partial charge in [0.25, 0.3) is 0 Å². The van der Waals surface area contributed by atoms with E-state index in [2.05, 4.69) is 4.74 Å². The molecule has 0 fully saturated rings. The van der Waals surface area contributed by atoms with Crippen LogP contribution in [0.2, 0.25) is 0 Å². The largest absolute Gasteiger partial charge is 0.469 e. The maximum absolute atomic E-state index is 13.3. The number of esters is 1. The Morgan fingerprint density at radius 2 is 2.21 bits per heavy atom. The number of ether oxygens (including phenoxy) is 1. The van der Waals surface area contributed by atoms with Gasteiger partial charge in [0.05, 0.1) is 13.5 Å². The van der Waals surface area contributed by atoms with Gasteiger partial charge in [0.15, 0.2) is 0 Å². The molecule has 0 aliphatic carbocycles. The van der Waals surface area contributed by atoms with E-state index in [9.17, 15) is 9.18 Å². The first-order valence-corrected chi connectivity index (χ1v) is 4.16. The summed E-state index contributed by atoms with van der Waals surface area (Å²) in [6.45, 7) is 1.68. The Morgan fingerprint density at radius 3 is 2.79 bits per heavy atom. The molecule has 14 heavy (non-hydrogen) atoms. The van der Waals surface area contributed by atoms with Crippen LogP contribution >= 0.6 is 0 Å². The molecule has 1 aromatic rings. The van der Waals surface area contributed by atoms with E-state index >= 15 is 0 Å². The van der Waals surface area contributed by atoms with E-state index in [0.29, 0.717) is 16.8 Å². The molecular formula is C10H12FNO2. The minimum Gasteiger partial charge on any atom is -0.469 e. The Bertz CT molecular complexity index is 363. The van der Waals surface area contributed by atoms with Gasteiger partial charge in [0.2, 0.25) is 0 Å². The topological polar surface area (TPSA) is 52.3 Å². The van der Waals surface area contributed by atoms with Gasteiger partial charge in [-0.2, -0.15) is 0 Å². The standard InChI is InChI=1S/C10H12FNO2/c1-6-7(5-10(13)14-2)8(11)3-4-9(6)12/h3-4H,5,12H2,1-2H3. The Kier molecular flexibility index (Phi) is 3.06. The fraction of sp³-hybridized carbons (Fsp3) is 0.300. The van der Waals surface area contributed by atoms with Crippen LogP contribution in [0, 0.1) is 12.7 Å². The van der Waals surface area contributed by atoms with Crippen LogP contribution in [-0.4, -0.2) is 13.1 Å². The number of methoxy groups -OCH3 is 1. The zero-order valence-corrected chi connectivity index (χ0v) is 8.13. The van der Waals surface area contributed by atoms with Crippen molar-refractivity contribution < 1.29 is 13.9 Å². The van der Waals surface area contributed by atoms with Crippen LogP contribution < -0.4 is 5.73 Å². The van der Waals surface area contributed by atoms with Gasteiger partial charge in [-0.3, -0.25) is 4.79 Å². The van der Waals surface area contributed by atoms with Crippen LogP contribution in [0.1, 0.15) is 11.1 Å². The van der Waals surface area contributed by atoms with E-state index < -0.39 is 11.8 Å². The summed E-state index contributed by atoms with van der Waals surface area (Å²) < 4.78 is 17.7. The van der Waals surface area contributed by atoms with Crippen molar-refractivity contribution >= 4 is 11.7 Å². The number of carbonyl (C=O) groups is 1. The van der Waals surface area contributed by atoms with Crippen molar-refractivity contribution in [3.8, 4) is 0 Å². The van der Waals surface area contributed by atoms with Crippen LogP contribution in [0.4, 0.5) is 10.1 Å². The zero-order chi connectivity index (χ0) is 10.7. The van der Waals surface area contributed by atoms with Gasteiger partial charge in [-0.1, -0.05) is 0 Å². The number of anilines is 1.